The van der Waals surface area contributed by atoms with Gasteiger partial charge in [0.05, 0.1) is 6.10 Å². The van der Waals surface area contributed by atoms with Crippen LogP contribution in [0.2, 0.25) is 0 Å². The first-order valence-electron chi connectivity index (χ1n) is 8.55. The van der Waals surface area contributed by atoms with Crippen molar-refractivity contribution in [1.82, 2.24) is 15.5 Å². The van der Waals surface area contributed by atoms with E-state index in [1.807, 2.05) is 18.2 Å². The minimum Gasteiger partial charge on any atom is -0.490 e. The van der Waals surface area contributed by atoms with Crippen LogP contribution >= 0.6 is 0 Å². The summed E-state index contributed by atoms with van der Waals surface area (Å²) in [7, 11) is 0. The third-order valence-electron chi connectivity index (χ3n) is 4.12. The van der Waals surface area contributed by atoms with Crippen molar-refractivity contribution in [2.75, 3.05) is 6.54 Å². The Morgan fingerprint density at radius 3 is 2.96 bits per heavy atom. The predicted octanol–water partition coefficient (Wildman–Crippen LogP) is 3.06. The van der Waals surface area contributed by atoms with Crippen molar-refractivity contribution in [3.63, 3.8) is 0 Å². The summed E-state index contributed by atoms with van der Waals surface area (Å²) in [4.78, 5) is 16.4. The Balaban J connectivity index is 1.45. The number of rotatable bonds is 7. The number of amides is 1. The average Bonchev–Trinajstić information content (AvgIpc) is 3.23. The maximum atomic E-state index is 12.2. The fourth-order valence-corrected chi connectivity index (χ4v) is 2.89. The molecule has 0 radical (unpaired) electrons. The molecule has 0 bridgehead atoms. The zero-order valence-electron chi connectivity index (χ0n) is 14.0. The minimum atomic E-state index is -0.0893. The molecular weight excluding hydrogens is 306 g/mol. The first-order valence-corrected chi connectivity index (χ1v) is 8.55. The van der Waals surface area contributed by atoms with Crippen LogP contribution in [0.3, 0.4) is 0 Å². The van der Waals surface area contributed by atoms with E-state index in [0.717, 1.165) is 25.0 Å². The van der Waals surface area contributed by atoms with Crippen molar-refractivity contribution in [3.8, 4) is 5.75 Å². The molecule has 1 amide bonds. The van der Waals surface area contributed by atoms with Crippen molar-refractivity contribution in [2.45, 2.75) is 51.6 Å². The van der Waals surface area contributed by atoms with E-state index >= 15 is 0 Å². The Morgan fingerprint density at radius 2 is 2.21 bits per heavy atom. The third-order valence-corrected chi connectivity index (χ3v) is 4.12. The van der Waals surface area contributed by atoms with Crippen LogP contribution in [0.25, 0.3) is 0 Å². The number of carbonyl (C=O) groups is 1. The molecule has 1 aromatic carbocycles. The van der Waals surface area contributed by atoms with E-state index in [4.69, 9.17) is 9.26 Å². The molecule has 0 atom stereocenters. The van der Waals surface area contributed by atoms with Gasteiger partial charge in [0.25, 0.3) is 5.91 Å². The molecule has 1 aliphatic carbocycles. The molecule has 0 aliphatic heterocycles. The Bertz CT molecular complexity index is 678. The van der Waals surface area contributed by atoms with E-state index < -0.39 is 0 Å². The normalized spacial score (nSPS) is 14.7. The van der Waals surface area contributed by atoms with Crippen LogP contribution in [-0.4, -0.2) is 28.7 Å². The Labute approximate surface area is 141 Å². The van der Waals surface area contributed by atoms with Crippen LogP contribution < -0.4 is 10.1 Å². The summed E-state index contributed by atoms with van der Waals surface area (Å²) in [6.07, 6.45) is 6.37. The molecular formula is C18H23N3O3. The van der Waals surface area contributed by atoms with Crippen LogP contribution in [0.4, 0.5) is 0 Å². The molecule has 6 nitrogen and oxygen atoms in total. The SMILES string of the molecule is Cc1noc(CCCNC(=O)c2cccc(OC3CCCC3)c2)n1. The lowest BCUT2D eigenvalue weighted by Gasteiger charge is -2.13. The molecule has 3 rings (SSSR count). The maximum absolute atomic E-state index is 12.2. The van der Waals surface area contributed by atoms with Crippen LogP contribution in [-0.2, 0) is 6.42 Å². The Hall–Kier alpha value is -2.37. The first kappa shape index (κ1) is 16.5. The van der Waals surface area contributed by atoms with Gasteiger partial charge in [-0.25, -0.2) is 0 Å². The zero-order valence-corrected chi connectivity index (χ0v) is 14.0. The topological polar surface area (TPSA) is 77.2 Å². The van der Waals surface area contributed by atoms with Crippen molar-refractivity contribution < 1.29 is 14.1 Å². The van der Waals surface area contributed by atoms with Gasteiger partial charge in [0.1, 0.15) is 5.75 Å². The van der Waals surface area contributed by atoms with Gasteiger partial charge in [0.15, 0.2) is 5.82 Å². The number of ether oxygens (including phenoxy) is 1. The highest BCUT2D eigenvalue weighted by Crippen LogP contribution is 2.24. The average molecular weight is 329 g/mol. The highest BCUT2D eigenvalue weighted by molar-refractivity contribution is 5.94. The van der Waals surface area contributed by atoms with Crippen molar-refractivity contribution in [1.29, 1.82) is 0 Å². The Kier molecular flexibility index (Phi) is 5.46. The van der Waals surface area contributed by atoms with E-state index in [0.29, 0.717) is 36.3 Å². The number of benzene rings is 1. The summed E-state index contributed by atoms with van der Waals surface area (Å²) >= 11 is 0. The van der Waals surface area contributed by atoms with E-state index in [9.17, 15) is 4.79 Å². The van der Waals surface area contributed by atoms with E-state index in [1.54, 1.807) is 13.0 Å². The molecule has 6 heteroatoms. The summed E-state index contributed by atoms with van der Waals surface area (Å²) in [5.41, 5.74) is 0.624. The summed E-state index contributed by atoms with van der Waals surface area (Å²) in [5, 5.41) is 6.65. The fourth-order valence-electron chi connectivity index (χ4n) is 2.89. The van der Waals surface area contributed by atoms with Crippen molar-refractivity contribution in [2.24, 2.45) is 0 Å². The second kappa shape index (κ2) is 7.95. The number of hydrogen-bond acceptors (Lipinski definition) is 5. The van der Waals surface area contributed by atoms with Crippen LogP contribution in [0.5, 0.6) is 5.75 Å². The first-order chi connectivity index (χ1) is 11.7. The van der Waals surface area contributed by atoms with Gasteiger partial charge >= 0.3 is 0 Å². The molecule has 2 aromatic rings. The van der Waals surface area contributed by atoms with Gasteiger partial charge in [-0.05, 0) is 57.2 Å². The van der Waals surface area contributed by atoms with Crippen LogP contribution in [0, 0.1) is 6.92 Å². The lowest BCUT2D eigenvalue weighted by molar-refractivity contribution is 0.0952. The summed E-state index contributed by atoms with van der Waals surface area (Å²) < 4.78 is 11.0. The predicted molar refractivity (Wildman–Crippen MR) is 89.0 cm³/mol. The van der Waals surface area contributed by atoms with Gasteiger partial charge in [0, 0.05) is 18.5 Å². The number of carbonyl (C=O) groups excluding carboxylic acids is 1. The largest absolute Gasteiger partial charge is 0.490 e. The Morgan fingerprint density at radius 1 is 1.38 bits per heavy atom. The molecule has 0 spiro atoms. The molecule has 128 valence electrons. The van der Waals surface area contributed by atoms with Gasteiger partial charge < -0.3 is 14.6 Å². The fraction of sp³-hybridized carbons (Fsp3) is 0.500. The summed E-state index contributed by atoms with van der Waals surface area (Å²) in [5.74, 6) is 1.92. The lowest BCUT2D eigenvalue weighted by atomic mass is 10.2. The third kappa shape index (κ3) is 4.57. The molecule has 24 heavy (non-hydrogen) atoms. The minimum absolute atomic E-state index is 0.0893. The number of nitrogens with zero attached hydrogens (tertiary/aromatic N) is 2. The molecule has 1 saturated carbocycles. The highest BCUT2D eigenvalue weighted by Gasteiger charge is 2.17. The smallest absolute Gasteiger partial charge is 0.251 e. The molecule has 1 N–H and O–H groups in total. The monoisotopic (exact) mass is 329 g/mol. The van der Waals surface area contributed by atoms with Crippen molar-refractivity contribution >= 4 is 5.91 Å². The molecule has 0 unspecified atom stereocenters. The molecule has 1 aromatic heterocycles. The number of aromatic nitrogens is 2. The summed E-state index contributed by atoms with van der Waals surface area (Å²) in [6, 6.07) is 7.39. The standard InChI is InChI=1S/C18H23N3O3/c1-13-20-17(24-21-13)10-5-11-19-18(22)14-6-4-9-16(12-14)23-15-7-2-3-8-15/h4,6,9,12,15H,2-3,5,7-8,10-11H2,1H3,(H,19,22). The number of hydrogen-bond donors (Lipinski definition) is 1. The van der Waals surface area contributed by atoms with Crippen LogP contribution in [0.15, 0.2) is 28.8 Å². The van der Waals surface area contributed by atoms with E-state index in [-0.39, 0.29) is 5.91 Å². The van der Waals surface area contributed by atoms with Gasteiger partial charge in [-0.15, -0.1) is 0 Å². The number of aryl methyl sites for hydroxylation is 2. The number of nitrogens with one attached hydrogen (secondary N) is 1. The zero-order chi connectivity index (χ0) is 16.8. The second-order valence-corrected chi connectivity index (χ2v) is 6.15. The van der Waals surface area contributed by atoms with Crippen LogP contribution in [0.1, 0.15) is 54.2 Å². The van der Waals surface area contributed by atoms with E-state index in [1.165, 1.54) is 12.8 Å². The van der Waals surface area contributed by atoms with Gasteiger partial charge in [-0.2, -0.15) is 4.98 Å². The van der Waals surface area contributed by atoms with E-state index in [2.05, 4.69) is 15.5 Å². The van der Waals surface area contributed by atoms with Gasteiger partial charge in [-0.1, -0.05) is 11.2 Å². The second-order valence-electron chi connectivity index (χ2n) is 6.15. The van der Waals surface area contributed by atoms with Gasteiger partial charge in [0.2, 0.25) is 5.89 Å². The molecule has 1 fully saturated rings. The maximum Gasteiger partial charge on any atom is 0.251 e. The molecule has 1 heterocycles. The van der Waals surface area contributed by atoms with Gasteiger partial charge in [-0.3, -0.25) is 4.79 Å². The molecule has 0 saturated heterocycles. The molecule has 1 aliphatic rings. The lowest BCUT2D eigenvalue weighted by Crippen LogP contribution is -2.24. The summed E-state index contributed by atoms with van der Waals surface area (Å²) in [6.45, 7) is 2.35. The quantitative estimate of drug-likeness (QED) is 0.790. The highest BCUT2D eigenvalue weighted by atomic mass is 16.5. The van der Waals surface area contributed by atoms with Crippen molar-refractivity contribution in [3.05, 3.63) is 41.5 Å².